The van der Waals surface area contributed by atoms with Crippen LogP contribution in [0.3, 0.4) is 0 Å². The quantitative estimate of drug-likeness (QED) is 0.732. The van der Waals surface area contributed by atoms with Gasteiger partial charge in [0.05, 0.1) is 5.60 Å². The van der Waals surface area contributed by atoms with Crippen molar-refractivity contribution in [2.45, 2.75) is 64.1 Å². The van der Waals surface area contributed by atoms with E-state index in [9.17, 15) is 5.11 Å². The van der Waals surface area contributed by atoms with Crippen LogP contribution in [0.2, 0.25) is 0 Å². The van der Waals surface area contributed by atoms with Crippen molar-refractivity contribution in [3.05, 3.63) is 0 Å². The van der Waals surface area contributed by atoms with Gasteiger partial charge in [0.25, 0.3) is 0 Å². The van der Waals surface area contributed by atoms with Gasteiger partial charge in [-0.2, -0.15) is 0 Å². The van der Waals surface area contributed by atoms with Crippen molar-refractivity contribution in [2.75, 3.05) is 6.54 Å². The zero-order valence-electron chi connectivity index (χ0n) is 9.66. The predicted octanol–water partition coefficient (Wildman–Crippen LogP) is 2.02. The van der Waals surface area contributed by atoms with Gasteiger partial charge in [-0.15, -0.1) is 0 Å². The number of likely N-dealkylation sites (tertiary alicyclic amines) is 1. The molecule has 0 amide bonds. The largest absolute Gasteiger partial charge is 0.389 e. The maximum atomic E-state index is 10.0. The van der Waals surface area contributed by atoms with Crippen molar-refractivity contribution < 1.29 is 5.11 Å². The Balaban J connectivity index is 2.05. The normalized spacial score (nSPS) is 36.0. The number of aliphatic hydroxyl groups is 1. The van der Waals surface area contributed by atoms with E-state index >= 15 is 0 Å². The van der Waals surface area contributed by atoms with Crippen LogP contribution in [0.25, 0.3) is 0 Å². The van der Waals surface area contributed by atoms with Crippen LogP contribution in [-0.2, 0) is 0 Å². The molecule has 82 valence electrons. The third-order valence-electron chi connectivity index (χ3n) is 4.32. The number of hydrogen-bond donors (Lipinski definition) is 1. The Labute approximate surface area is 87.3 Å². The summed E-state index contributed by atoms with van der Waals surface area (Å²) in [6.07, 6.45) is 5.51. The van der Waals surface area contributed by atoms with E-state index in [1.807, 2.05) is 13.8 Å². The minimum absolute atomic E-state index is 0.301. The first-order valence-electron chi connectivity index (χ1n) is 5.98. The zero-order chi connectivity index (χ0) is 10.3. The van der Waals surface area contributed by atoms with Gasteiger partial charge in [0.2, 0.25) is 0 Å². The molecule has 2 heteroatoms. The second kappa shape index (κ2) is 3.49. The molecule has 2 aliphatic rings. The average Bonchev–Trinajstić information content (AvgIpc) is 2.59. The van der Waals surface area contributed by atoms with E-state index in [-0.39, 0.29) is 0 Å². The molecule has 0 spiro atoms. The van der Waals surface area contributed by atoms with Crippen LogP contribution >= 0.6 is 0 Å². The Bertz CT molecular complexity index is 209. The second-order valence-electron chi connectivity index (χ2n) is 5.61. The van der Waals surface area contributed by atoms with Crippen LogP contribution in [0.15, 0.2) is 0 Å². The monoisotopic (exact) mass is 197 g/mol. The molecule has 1 heterocycles. The van der Waals surface area contributed by atoms with Gasteiger partial charge in [0.1, 0.15) is 0 Å². The molecular formula is C12H23NO. The van der Waals surface area contributed by atoms with Gasteiger partial charge in [-0.1, -0.05) is 6.42 Å². The number of rotatable bonds is 2. The van der Waals surface area contributed by atoms with E-state index in [1.54, 1.807) is 0 Å². The van der Waals surface area contributed by atoms with Crippen molar-refractivity contribution in [3.8, 4) is 0 Å². The van der Waals surface area contributed by atoms with E-state index in [0.717, 1.165) is 12.0 Å². The van der Waals surface area contributed by atoms with Crippen LogP contribution in [0, 0.1) is 5.92 Å². The van der Waals surface area contributed by atoms with E-state index < -0.39 is 5.60 Å². The number of nitrogens with zero attached hydrogens (tertiary/aromatic N) is 1. The summed E-state index contributed by atoms with van der Waals surface area (Å²) >= 11 is 0. The summed E-state index contributed by atoms with van der Waals surface area (Å²) in [6, 6.07) is 1.08. The molecule has 3 atom stereocenters. The molecule has 0 aromatic carbocycles. The van der Waals surface area contributed by atoms with Gasteiger partial charge in [0.15, 0.2) is 0 Å². The smallest absolute Gasteiger partial charge is 0.0743 e. The lowest BCUT2D eigenvalue weighted by Gasteiger charge is -2.37. The lowest BCUT2D eigenvalue weighted by atomic mass is 9.97. The minimum Gasteiger partial charge on any atom is -0.389 e. The molecule has 1 aliphatic heterocycles. The van der Waals surface area contributed by atoms with Crippen molar-refractivity contribution in [3.63, 3.8) is 0 Å². The summed E-state index contributed by atoms with van der Waals surface area (Å²) in [5, 5.41) is 10.0. The van der Waals surface area contributed by atoms with Crippen molar-refractivity contribution in [1.82, 2.24) is 4.90 Å². The second-order valence-corrected chi connectivity index (χ2v) is 5.61. The summed E-state index contributed by atoms with van der Waals surface area (Å²) in [5.41, 5.74) is -0.558. The van der Waals surface area contributed by atoms with Crippen molar-refractivity contribution >= 4 is 0 Å². The molecule has 1 aliphatic carbocycles. The summed E-state index contributed by atoms with van der Waals surface area (Å²) in [7, 11) is 0. The molecule has 0 aromatic rings. The van der Waals surface area contributed by atoms with E-state index in [1.165, 1.54) is 32.2 Å². The van der Waals surface area contributed by atoms with Crippen LogP contribution in [-0.4, -0.2) is 34.2 Å². The Kier molecular flexibility index (Phi) is 2.61. The maximum absolute atomic E-state index is 10.0. The molecule has 0 aromatic heterocycles. The van der Waals surface area contributed by atoms with E-state index in [0.29, 0.717) is 6.04 Å². The van der Waals surface area contributed by atoms with Crippen LogP contribution < -0.4 is 0 Å². The molecule has 2 nitrogen and oxygen atoms in total. The lowest BCUT2D eigenvalue weighted by molar-refractivity contribution is -0.0179. The average molecular weight is 197 g/mol. The van der Waals surface area contributed by atoms with Gasteiger partial charge in [0, 0.05) is 12.1 Å². The Morgan fingerprint density at radius 2 is 2.00 bits per heavy atom. The van der Waals surface area contributed by atoms with Gasteiger partial charge in [-0.3, -0.25) is 4.90 Å². The van der Waals surface area contributed by atoms with E-state index in [4.69, 9.17) is 0 Å². The van der Waals surface area contributed by atoms with E-state index in [2.05, 4.69) is 11.8 Å². The molecule has 1 saturated heterocycles. The third-order valence-corrected chi connectivity index (χ3v) is 4.32. The van der Waals surface area contributed by atoms with Gasteiger partial charge < -0.3 is 5.11 Å². The number of fused-ring (bicyclic) bond motifs is 1. The topological polar surface area (TPSA) is 23.5 Å². The first-order chi connectivity index (χ1) is 6.50. The molecule has 0 unspecified atom stereocenters. The summed E-state index contributed by atoms with van der Waals surface area (Å²) in [5.74, 6) is 0.930. The van der Waals surface area contributed by atoms with Gasteiger partial charge in [-0.25, -0.2) is 0 Å². The lowest BCUT2D eigenvalue weighted by Crippen LogP contribution is -2.49. The maximum Gasteiger partial charge on any atom is 0.0743 e. The Morgan fingerprint density at radius 3 is 2.64 bits per heavy atom. The van der Waals surface area contributed by atoms with Crippen LogP contribution in [0.4, 0.5) is 0 Å². The highest BCUT2D eigenvalue weighted by Gasteiger charge is 2.42. The van der Waals surface area contributed by atoms with Crippen molar-refractivity contribution in [2.24, 2.45) is 5.92 Å². The minimum atomic E-state index is -0.558. The molecule has 0 radical (unpaired) electrons. The molecule has 14 heavy (non-hydrogen) atoms. The third kappa shape index (κ3) is 1.70. The highest BCUT2D eigenvalue weighted by Crippen LogP contribution is 2.40. The Morgan fingerprint density at radius 1 is 1.29 bits per heavy atom. The van der Waals surface area contributed by atoms with Gasteiger partial charge >= 0.3 is 0 Å². The fourth-order valence-electron chi connectivity index (χ4n) is 3.16. The van der Waals surface area contributed by atoms with Crippen molar-refractivity contribution in [1.29, 1.82) is 0 Å². The molecule has 1 saturated carbocycles. The molecule has 1 N–H and O–H groups in total. The first-order valence-corrected chi connectivity index (χ1v) is 5.98. The molecule has 2 rings (SSSR count). The predicted molar refractivity (Wildman–Crippen MR) is 58.2 cm³/mol. The molecule has 0 bridgehead atoms. The summed E-state index contributed by atoms with van der Waals surface area (Å²) in [6.45, 7) is 7.22. The fourth-order valence-corrected chi connectivity index (χ4v) is 3.16. The van der Waals surface area contributed by atoms with Gasteiger partial charge in [-0.05, 0) is 52.5 Å². The standard InChI is InChI=1S/C12H23NO/c1-9(12(2,3)14)13-8-7-10-5-4-6-11(10)13/h9-11,14H,4-8H2,1-3H3/t9-,10+,11+/m0/s1. The fraction of sp³-hybridized carbons (Fsp3) is 1.00. The highest BCUT2D eigenvalue weighted by molar-refractivity contribution is 4.96. The summed E-state index contributed by atoms with van der Waals surface area (Å²) < 4.78 is 0. The molecular weight excluding hydrogens is 174 g/mol. The number of hydrogen-bond acceptors (Lipinski definition) is 2. The zero-order valence-corrected chi connectivity index (χ0v) is 9.66. The first kappa shape index (κ1) is 10.4. The SMILES string of the molecule is C[C@H](N1CC[C@H]2CCC[C@H]21)C(C)(C)O. The van der Waals surface area contributed by atoms with Crippen LogP contribution in [0.5, 0.6) is 0 Å². The highest BCUT2D eigenvalue weighted by atomic mass is 16.3. The van der Waals surface area contributed by atoms with Crippen LogP contribution in [0.1, 0.15) is 46.5 Å². The summed E-state index contributed by atoms with van der Waals surface area (Å²) in [4.78, 5) is 2.54. The molecule has 2 fully saturated rings. The Hall–Kier alpha value is -0.0800.